The van der Waals surface area contributed by atoms with E-state index < -0.39 is 33.6 Å². The van der Waals surface area contributed by atoms with Crippen molar-refractivity contribution in [3.63, 3.8) is 0 Å². The third-order valence-corrected chi connectivity index (χ3v) is 5.71. The topological polar surface area (TPSA) is 66.5 Å². The molecule has 0 heterocycles. The van der Waals surface area contributed by atoms with E-state index in [-0.39, 0.29) is 17.6 Å². The molecule has 0 saturated carbocycles. The molecule has 2 rings (SSSR count). The number of hydrogen-bond acceptors (Lipinski definition) is 3. The lowest BCUT2D eigenvalue weighted by Crippen LogP contribution is -2.48. The van der Waals surface area contributed by atoms with Gasteiger partial charge >= 0.3 is 0 Å². The molecule has 29 heavy (non-hydrogen) atoms. The zero-order valence-corrected chi connectivity index (χ0v) is 17.7. The van der Waals surface area contributed by atoms with Gasteiger partial charge in [-0.2, -0.15) is 0 Å². The molecule has 0 aliphatic carbocycles. The van der Waals surface area contributed by atoms with Gasteiger partial charge in [0, 0.05) is 6.07 Å². The van der Waals surface area contributed by atoms with Crippen molar-refractivity contribution in [1.82, 2.24) is 5.32 Å². The molecule has 0 aliphatic rings. The van der Waals surface area contributed by atoms with Gasteiger partial charge in [0.15, 0.2) is 11.6 Å². The van der Waals surface area contributed by atoms with Crippen LogP contribution in [0.3, 0.4) is 0 Å². The van der Waals surface area contributed by atoms with E-state index >= 15 is 0 Å². The monoisotopic (exact) mass is 424 g/mol. The van der Waals surface area contributed by atoms with E-state index in [1.807, 2.05) is 44.2 Å². The Bertz CT molecular complexity index is 950. The van der Waals surface area contributed by atoms with Crippen molar-refractivity contribution >= 4 is 21.6 Å². The molecule has 2 aromatic rings. The Hall–Kier alpha value is -2.48. The number of nitrogens with zero attached hydrogens (tertiary/aromatic N) is 1. The third-order valence-electron chi connectivity index (χ3n) is 4.47. The average Bonchev–Trinajstić information content (AvgIpc) is 2.63. The third kappa shape index (κ3) is 6.00. The molecule has 8 heteroatoms. The zero-order chi connectivity index (χ0) is 21.8. The molecule has 0 spiro atoms. The summed E-state index contributed by atoms with van der Waals surface area (Å²) in [7, 11) is -3.93. The second kappa shape index (κ2) is 9.35. The molecule has 0 aliphatic heterocycles. The maximum Gasteiger partial charge on any atom is 0.244 e. The average molecular weight is 425 g/mol. The largest absolute Gasteiger partial charge is 0.347 e. The molecule has 1 amide bonds. The molecule has 0 saturated heterocycles. The highest BCUT2D eigenvalue weighted by atomic mass is 32.2. The fraction of sp³-hybridized carbons (Fsp3) is 0.381. The summed E-state index contributed by atoms with van der Waals surface area (Å²) in [5.74, 6) is -2.53. The highest BCUT2D eigenvalue weighted by Gasteiger charge is 2.31. The number of sulfonamides is 1. The van der Waals surface area contributed by atoms with Crippen molar-refractivity contribution in [1.29, 1.82) is 0 Å². The Labute approximate surface area is 170 Å². The summed E-state index contributed by atoms with van der Waals surface area (Å²) in [6, 6.07) is 10.6. The van der Waals surface area contributed by atoms with Crippen molar-refractivity contribution in [2.75, 3.05) is 10.6 Å². The maximum absolute atomic E-state index is 13.7. The smallest absolute Gasteiger partial charge is 0.244 e. The summed E-state index contributed by atoms with van der Waals surface area (Å²) in [4.78, 5) is 12.9. The van der Waals surface area contributed by atoms with E-state index in [1.54, 1.807) is 0 Å². The summed E-state index contributed by atoms with van der Waals surface area (Å²) in [5, 5.41) is 2.90. The normalized spacial score (nSPS) is 13.8. The molecule has 0 aromatic heterocycles. The van der Waals surface area contributed by atoms with Gasteiger partial charge in [-0.25, -0.2) is 17.2 Å². The first-order valence-electron chi connectivity index (χ1n) is 9.30. The van der Waals surface area contributed by atoms with Crippen LogP contribution in [0.4, 0.5) is 14.5 Å². The molecule has 2 aromatic carbocycles. The van der Waals surface area contributed by atoms with Gasteiger partial charge in [0.1, 0.15) is 6.04 Å². The number of hydrogen-bond donors (Lipinski definition) is 1. The van der Waals surface area contributed by atoms with Gasteiger partial charge in [0.25, 0.3) is 0 Å². The van der Waals surface area contributed by atoms with Crippen LogP contribution in [0.2, 0.25) is 0 Å². The highest BCUT2D eigenvalue weighted by Crippen LogP contribution is 2.25. The van der Waals surface area contributed by atoms with E-state index in [1.165, 1.54) is 6.92 Å². The van der Waals surface area contributed by atoms with Crippen LogP contribution < -0.4 is 9.62 Å². The van der Waals surface area contributed by atoms with Gasteiger partial charge in [-0.05, 0) is 37.0 Å². The molecular formula is C21H26F2N2O3S. The minimum atomic E-state index is -3.93. The van der Waals surface area contributed by atoms with Crippen LogP contribution in [0, 0.1) is 17.6 Å². The lowest BCUT2D eigenvalue weighted by atomic mass is 9.96. The molecule has 1 N–H and O–H groups in total. The van der Waals surface area contributed by atoms with Crippen molar-refractivity contribution in [3.8, 4) is 0 Å². The van der Waals surface area contributed by atoms with Crippen molar-refractivity contribution < 1.29 is 22.0 Å². The molecule has 158 valence electrons. The summed E-state index contributed by atoms with van der Waals surface area (Å²) >= 11 is 0. The standard InChI is InChI=1S/C21H26F2N2O3S/c1-14(2)12-20(16-8-6-5-7-9-16)24-21(26)15(3)25(29(4,27)28)17-10-11-18(22)19(23)13-17/h5-11,13-15,20H,12H2,1-4H3,(H,24,26)/t15-,20+/m1/s1. The van der Waals surface area contributed by atoms with E-state index in [9.17, 15) is 22.0 Å². The fourth-order valence-corrected chi connectivity index (χ4v) is 4.33. The lowest BCUT2D eigenvalue weighted by molar-refractivity contribution is -0.122. The van der Waals surface area contributed by atoms with Gasteiger partial charge < -0.3 is 5.32 Å². The first kappa shape index (κ1) is 22.8. The molecule has 0 bridgehead atoms. The number of carbonyl (C=O) groups excluding carboxylic acids is 1. The van der Waals surface area contributed by atoms with Crippen molar-refractivity contribution in [3.05, 3.63) is 65.7 Å². The second-order valence-corrected chi connectivity index (χ2v) is 9.29. The minimum Gasteiger partial charge on any atom is -0.347 e. The van der Waals surface area contributed by atoms with E-state index in [4.69, 9.17) is 0 Å². The molecule has 0 fully saturated rings. The summed E-state index contributed by atoms with van der Waals surface area (Å²) in [6.45, 7) is 5.46. The lowest BCUT2D eigenvalue weighted by Gasteiger charge is -2.30. The highest BCUT2D eigenvalue weighted by molar-refractivity contribution is 7.92. The summed E-state index contributed by atoms with van der Waals surface area (Å²) in [6.07, 6.45) is 1.58. The maximum atomic E-state index is 13.7. The van der Waals surface area contributed by atoms with Crippen LogP contribution in [0.1, 0.15) is 38.8 Å². The van der Waals surface area contributed by atoms with Gasteiger partial charge in [-0.15, -0.1) is 0 Å². The minimum absolute atomic E-state index is 0.117. The molecule has 2 atom stereocenters. The second-order valence-electron chi connectivity index (χ2n) is 7.43. The summed E-state index contributed by atoms with van der Waals surface area (Å²) in [5.41, 5.74) is 0.787. The first-order valence-corrected chi connectivity index (χ1v) is 11.1. The Morgan fingerprint density at radius 1 is 1.03 bits per heavy atom. The van der Waals surface area contributed by atoms with Crippen molar-refractivity contribution in [2.24, 2.45) is 5.92 Å². The molecular weight excluding hydrogens is 398 g/mol. The number of rotatable bonds is 8. The van der Waals surface area contributed by atoms with E-state index in [2.05, 4.69) is 5.32 Å². The predicted octanol–water partition coefficient (Wildman–Crippen LogP) is 4.02. The van der Waals surface area contributed by atoms with Gasteiger partial charge in [0.2, 0.25) is 15.9 Å². The molecule has 5 nitrogen and oxygen atoms in total. The van der Waals surface area contributed by atoms with Crippen LogP contribution in [0.5, 0.6) is 0 Å². The number of nitrogens with one attached hydrogen (secondary N) is 1. The SMILES string of the molecule is CC(C)C[C@H](NC(=O)[C@@H](C)N(c1ccc(F)c(F)c1)S(C)(=O)=O)c1ccccc1. The van der Waals surface area contributed by atoms with Gasteiger partial charge in [0.05, 0.1) is 18.0 Å². The Morgan fingerprint density at radius 2 is 1.66 bits per heavy atom. The summed E-state index contributed by atoms with van der Waals surface area (Å²) < 4.78 is 52.4. The first-order chi connectivity index (χ1) is 13.5. The van der Waals surface area contributed by atoms with Crippen molar-refractivity contribution in [2.45, 2.75) is 39.3 Å². The predicted molar refractivity (Wildman–Crippen MR) is 110 cm³/mol. The van der Waals surface area contributed by atoms with Crippen LogP contribution in [-0.2, 0) is 14.8 Å². The quantitative estimate of drug-likeness (QED) is 0.696. The van der Waals surface area contributed by atoms with E-state index in [0.29, 0.717) is 6.42 Å². The van der Waals surface area contributed by atoms with E-state index in [0.717, 1.165) is 34.3 Å². The molecule has 0 unspecified atom stereocenters. The van der Waals surface area contributed by atoms with Crippen LogP contribution >= 0.6 is 0 Å². The molecule has 0 radical (unpaired) electrons. The van der Waals surface area contributed by atoms with Gasteiger partial charge in [-0.3, -0.25) is 9.10 Å². The fourth-order valence-electron chi connectivity index (χ4n) is 3.16. The van der Waals surface area contributed by atoms with Crippen LogP contribution in [-0.4, -0.2) is 26.6 Å². The number of amides is 1. The Balaban J connectivity index is 2.33. The zero-order valence-electron chi connectivity index (χ0n) is 16.9. The Kier molecular flexibility index (Phi) is 7.35. The van der Waals surface area contributed by atoms with Crippen LogP contribution in [0.15, 0.2) is 48.5 Å². The van der Waals surface area contributed by atoms with Gasteiger partial charge in [-0.1, -0.05) is 44.2 Å². The number of benzene rings is 2. The number of carbonyl (C=O) groups is 1. The Morgan fingerprint density at radius 3 is 2.17 bits per heavy atom. The number of anilines is 1. The number of halogens is 2. The van der Waals surface area contributed by atoms with Crippen LogP contribution in [0.25, 0.3) is 0 Å².